The highest BCUT2D eigenvalue weighted by Gasteiger charge is 2.32. The lowest BCUT2D eigenvalue weighted by Crippen LogP contribution is -2.37. The number of hydrogen-bond acceptors (Lipinski definition) is 3. The number of nitrogens with zero attached hydrogens (tertiary/aromatic N) is 2. The van der Waals surface area contributed by atoms with Gasteiger partial charge in [0.1, 0.15) is 5.82 Å². The molecular formula is C14H20BrN3. The second-order valence-electron chi connectivity index (χ2n) is 5.39. The molecule has 0 bridgehead atoms. The zero-order chi connectivity index (χ0) is 12.4. The molecule has 3 nitrogen and oxygen atoms in total. The molecular weight excluding hydrogens is 290 g/mol. The Morgan fingerprint density at radius 2 is 2.06 bits per heavy atom. The van der Waals surface area contributed by atoms with Crippen LogP contribution in [0, 0.1) is 5.92 Å². The molecule has 0 amide bonds. The number of nitrogens with one attached hydrogen (secondary N) is 1. The fraction of sp³-hybridized carbons (Fsp3) is 0.643. The molecule has 0 unspecified atom stereocenters. The van der Waals surface area contributed by atoms with E-state index in [1.54, 1.807) is 0 Å². The number of rotatable bonds is 4. The molecule has 1 saturated carbocycles. The van der Waals surface area contributed by atoms with E-state index in [4.69, 9.17) is 0 Å². The minimum Gasteiger partial charge on any atom is -0.352 e. The Labute approximate surface area is 117 Å². The van der Waals surface area contributed by atoms with Crippen LogP contribution in [0.1, 0.15) is 25.7 Å². The van der Waals surface area contributed by atoms with Crippen LogP contribution in [0.25, 0.3) is 0 Å². The van der Waals surface area contributed by atoms with Gasteiger partial charge in [-0.25, -0.2) is 4.98 Å². The monoisotopic (exact) mass is 309 g/mol. The van der Waals surface area contributed by atoms with Crippen LogP contribution in [0.4, 0.5) is 5.82 Å². The molecule has 3 rings (SSSR count). The van der Waals surface area contributed by atoms with Gasteiger partial charge in [-0.2, -0.15) is 0 Å². The van der Waals surface area contributed by atoms with Gasteiger partial charge in [0.2, 0.25) is 0 Å². The van der Waals surface area contributed by atoms with Gasteiger partial charge in [-0.05, 0) is 72.8 Å². The smallest absolute Gasteiger partial charge is 0.143 e. The van der Waals surface area contributed by atoms with Crippen LogP contribution in [0.15, 0.2) is 22.8 Å². The van der Waals surface area contributed by atoms with E-state index in [1.807, 2.05) is 12.3 Å². The molecule has 2 heterocycles. The molecule has 2 fully saturated rings. The summed E-state index contributed by atoms with van der Waals surface area (Å²) < 4.78 is 1.13. The van der Waals surface area contributed by atoms with Crippen molar-refractivity contribution in [2.75, 3.05) is 24.5 Å². The number of aromatic nitrogens is 1. The molecule has 98 valence electrons. The maximum atomic E-state index is 4.57. The Balaban J connectivity index is 1.73. The minimum absolute atomic E-state index is 0.728. The third-order valence-corrected chi connectivity index (χ3v) is 4.53. The summed E-state index contributed by atoms with van der Waals surface area (Å²) in [5.41, 5.74) is 0. The highest BCUT2D eigenvalue weighted by atomic mass is 79.9. The van der Waals surface area contributed by atoms with E-state index in [2.05, 4.69) is 37.2 Å². The van der Waals surface area contributed by atoms with Crippen molar-refractivity contribution in [1.82, 2.24) is 10.3 Å². The fourth-order valence-corrected chi connectivity index (χ4v) is 3.21. The quantitative estimate of drug-likeness (QED) is 0.927. The van der Waals surface area contributed by atoms with Gasteiger partial charge < -0.3 is 10.2 Å². The van der Waals surface area contributed by atoms with Crippen LogP contribution in [0.2, 0.25) is 0 Å². The van der Waals surface area contributed by atoms with Crippen LogP contribution < -0.4 is 10.2 Å². The highest BCUT2D eigenvalue weighted by molar-refractivity contribution is 9.10. The van der Waals surface area contributed by atoms with Gasteiger partial charge in [0.25, 0.3) is 0 Å². The van der Waals surface area contributed by atoms with Crippen molar-refractivity contribution in [3.8, 4) is 0 Å². The van der Waals surface area contributed by atoms with Crippen molar-refractivity contribution in [2.45, 2.75) is 31.7 Å². The molecule has 0 radical (unpaired) electrons. The predicted octanol–water partition coefficient (Wildman–Crippen LogP) is 2.81. The third-order valence-electron chi connectivity index (χ3n) is 3.91. The van der Waals surface area contributed by atoms with Crippen LogP contribution >= 0.6 is 15.9 Å². The topological polar surface area (TPSA) is 28.2 Å². The number of halogens is 1. The Bertz CT molecular complexity index is 400. The molecule has 4 heteroatoms. The second-order valence-corrected chi connectivity index (χ2v) is 6.24. The lowest BCUT2D eigenvalue weighted by Gasteiger charge is -2.31. The first-order valence-corrected chi connectivity index (χ1v) is 7.72. The Hall–Kier alpha value is -0.610. The number of pyridine rings is 1. The second kappa shape index (κ2) is 5.57. The Morgan fingerprint density at radius 3 is 2.72 bits per heavy atom. The van der Waals surface area contributed by atoms with Crippen LogP contribution in [0.3, 0.4) is 0 Å². The summed E-state index contributed by atoms with van der Waals surface area (Å²) in [6.45, 7) is 3.51. The summed E-state index contributed by atoms with van der Waals surface area (Å²) in [4.78, 5) is 7.10. The lowest BCUT2D eigenvalue weighted by molar-refractivity contribution is 0.372. The summed E-state index contributed by atoms with van der Waals surface area (Å²) in [6.07, 6.45) is 7.15. The van der Waals surface area contributed by atoms with E-state index < -0.39 is 0 Å². The van der Waals surface area contributed by atoms with Crippen LogP contribution in [-0.2, 0) is 0 Å². The van der Waals surface area contributed by atoms with E-state index in [9.17, 15) is 0 Å². The molecule has 18 heavy (non-hydrogen) atoms. The normalized spacial score (nSPS) is 20.9. The van der Waals surface area contributed by atoms with E-state index in [1.165, 1.54) is 45.3 Å². The van der Waals surface area contributed by atoms with Crippen molar-refractivity contribution < 1.29 is 0 Å². The van der Waals surface area contributed by atoms with Gasteiger partial charge in [-0.1, -0.05) is 0 Å². The van der Waals surface area contributed by atoms with Gasteiger partial charge >= 0.3 is 0 Å². The molecule has 1 aromatic rings. The van der Waals surface area contributed by atoms with Crippen molar-refractivity contribution in [2.24, 2.45) is 5.92 Å². The highest BCUT2D eigenvalue weighted by Crippen LogP contribution is 2.35. The van der Waals surface area contributed by atoms with Gasteiger partial charge in [-0.15, -0.1) is 0 Å². The van der Waals surface area contributed by atoms with E-state index >= 15 is 0 Å². The minimum atomic E-state index is 0.728. The van der Waals surface area contributed by atoms with Gasteiger partial charge in [0.05, 0.1) is 4.47 Å². The Morgan fingerprint density at radius 1 is 1.28 bits per heavy atom. The number of piperidine rings is 1. The van der Waals surface area contributed by atoms with Crippen molar-refractivity contribution in [3.63, 3.8) is 0 Å². The van der Waals surface area contributed by atoms with E-state index in [-0.39, 0.29) is 0 Å². The van der Waals surface area contributed by atoms with Crippen molar-refractivity contribution in [1.29, 1.82) is 0 Å². The molecule has 0 atom stereocenters. The van der Waals surface area contributed by atoms with Crippen molar-refractivity contribution >= 4 is 21.7 Å². The molecule has 2 aliphatic rings. The maximum absolute atomic E-state index is 4.57. The van der Waals surface area contributed by atoms with E-state index in [0.717, 1.165) is 22.3 Å². The zero-order valence-electron chi connectivity index (χ0n) is 10.6. The first-order chi connectivity index (χ1) is 8.84. The van der Waals surface area contributed by atoms with Crippen LogP contribution in [-0.4, -0.2) is 30.7 Å². The molecule has 1 aromatic heterocycles. The molecule has 0 aromatic carbocycles. The fourth-order valence-electron chi connectivity index (χ4n) is 2.73. The Kier molecular flexibility index (Phi) is 3.85. The summed E-state index contributed by atoms with van der Waals surface area (Å²) in [5, 5.41) is 3.44. The first-order valence-electron chi connectivity index (χ1n) is 6.92. The first kappa shape index (κ1) is 12.4. The summed E-state index contributed by atoms with van der Waals surface area (Å²) >= 11 is 3.64. The van der Waals surface area contributed by atoms with E-state index in [0.29, 0.717) is 0 Å². The molecule has 1 N–H and O–H groups in total. The van der Waals surface area contributed by atoms with Gasteiger partial charge in [-0.3, -0.25) is 0 Å². The van der Waals surface area contributed by atoms with Gasteiger partial charge in [0.15, 0.2) is 0 Å². The van der Waals surface area contributed by atoms with Crippen LogP contribution in [0.5, 0.6) is 0 Å². The molecule has 1 aliphatic carbocycles. The molecule has 1 aliphatic heterocycles. The average Bonchev–Trinajstić information content (AvgIpc) is 3.23. The SMILES string of the molecule is Brc1cccnc1N(CC1CCNCC1)C1CC1. The average molecular weight is 310 g/mol. The summed E-state index contributed by atoms with van der Waals surface area (Å²) in [6, 6.07) is 4.81. The largest absolute Gasteiger partial charge is 0.352 e. The van der Waals surface area contributed by atoms with Crippen molar-refractivity contribution in [3.05, 3.63) is 22.8 Å². The summed E-state index contributed by atoms with van der Waals surface area (Å²) in [7, 11) is 0. The predicted molar refractivity (Wildman–Crippen MR) is 77.9 cm³/mol. The number of hydrogen-bond donors (Lipinski definition) is 1. The third kappa shape index (κ3) is 2.86. The number of anilines is 1. The summed E-state index contributed by atoms with van der Waals surface area (Å²) in [5.74, 6) is 1.96. The van der Waals surface area contributed by atoms with Gasteiger partial charge in [0, 0.05) is 18.8 Å². The lowest BCUT2D eigenvalue weighted by atomic mass is 9.97. The standard InChI is InChI=1S/C14H20BrN3/c15-13-2-1-7-17-14(13)18(12-3-4-12)10-11-5-8-16-9-6-11/h1-2,7,11-12,16H,3-6,8-10H2. The molecule has 0 spiro atoms. The zero-order valence-corrected chi connectivity index (χ0v) is 12.2. The molecule has 1 saturated heterocycles. The maximum Gasteiger partial charge on any atom is 0.143 e.